The van der Waals surface area contributed by atoms with E-state index in [-0.39, 0.29) is 12.4 Å². The fourth-order valence-electron chi connectivity index (χ4n) is 2.69. The van der Waals surface area contributed by atoms with Gasteiger partial charge in [-0.1, -0.05) is 24.3 Å². The van der Waals surface area contributed by atoms with Crippen molar-refractivity contribution in [1.82, 2.24) is 0 Å². The molecule has 0 heterocycles. The zero-order valence-corrected chi connectivity index (χ0v) is 16.1. The number of benzene rings is 2. The van der Waals surface area contributed by atoms with Crippen molar-refractivity contribution in [2.24, 2.45) is 0 Å². The maximum atomic E-state index is 12.2. The number of amides is 2. The molecule has 7 heteroatoms. The quantitative estimate of drug-likeness (QED) is 0.630. The molecule has 0 aliphatic heterocycles. The summed E-state index contributed by atoms with van der Waals surface area (Å²) in [4.78, 5) is 34.8. The highest BCUT2D eigenvalue weighted by Crippen LogP contribution is 2.26. The van der Waals surface area contributed by atoms with Crippen molar-refractivity contribution in [2.45, 2.75) is 32.1 Å². The number of hydrogen-bond acceptors (Lipinski definition) is 4. The second-order valence-corrected chi connectivity index (χ2v) is 6.87. The lowest BCUT2D eigenvalue weighted by Crippen LogP contribution is -2.30. The summed E-state index contributed by atoms with van der Waals surface area (Å²) in [5.41, 5.74) is 1.96. The maximum Gasteiger partial charge on any atom is 0.323 e. The fourth-order valence-corrected chi connectivity index (χ4v) is 2.69. The van der Waals surface area contributed by atoms with Crippen molar-refractivity contribution in [3.05, 3.63) is 59.7 Å². The number of hydrogen-bond donors (Lipinski definition) is 3. The topological polar surface area (TPSA) is 105 Å². The molecule has 2 amide bonds. The summed E-state index contributed by atoms with van der Waals surface area (Å²) in [6.45, 7) is 3.54. The average Bonchev–Trinajstić information content (AvgIpc) is 2.66. The Morgan fingerprint density at radius 2 is 1.64 bits per heavy atom. The minimum Gasteiger partial charge on any atom is -0.481 e. The van der Waals surface area contributed by atoms with Gasteiger partial charge >= 0.3 is 18.0 Å². The Morgan fingerprint density at radius 3 is 2.25 bits per heavy atom. The van der Waals surface area contributed by atoms with Crippen LogP contribution in [0.2, 0.25) is 0 Å². The molecule has 0 bridgehead atoms. The van der Waals surface area contributed by atoms with Gasteiger partial charge in [0.05, 0.1) is 12.5 Å². The summed E-state index contributed by atoms with van der Waals surface area (Å²) in [5, 5.41) is 14.2. The van der Waals surface area contributed by atoms with Crippen LogP contribution in [-0.2, 0) is 26.2 Å². The molecule has 2 aromatic rings. The van der Waals surface area contributed by atoms with Crippen LogP contribution in [-0.4, -0.2) is 30.2 Å². The lowest BCUT2D eigenvalue weighted by Gasteiger charge is -2.22. The van der Waals surface area contributed by atoms with Crippen molar-refractivity contribution < 1.29 is 24.2 Å². The van der Waals surface area contributed by atoms with Crippen LogP contribution in [0.5, 0.6) is 0 Å². The molecule has 7 nitrogen and oxygen atoms in total. The Morgan fingerprint density at radius 1 is 1.00 bits per heavy atom. The predicted molar refractivity (Wildman–Crippen MR) is 107 cm³/mol. The van der Waals surface area contributed by atoms with Crippen LogP contribution in [0.4, 0.5) is 16.2 Å². The monoisotopic (exact) mass is 384 g/mol. The number of urea groups is 1. The Hall–Kier alpha value is -3.35. The molecule has 0 spiro atoms. The summed E-state index contributed by atoms with van der Waals surface area (Å²) in [6.07, 6.45) is 0.424. The summed E-state index contributed by atoms with van der Waals surface area (Å²) in [5.74, 6) is -1.20. The number of carboxylic acid groups (broad SMARTS) is 1. The summed E-state index contributed by atoms with van der Waals surface area (Å²) in [7, 11) is 1.35. The van der Waals surface area contributed by atoms with Crippen molar-refractivity contribution in [3.63, 3.8) is 0 Å². The van der Waals surface area contributed by atoms with Gasteiger partial charge in [0.1, 0.15) is 0 Å². The third kappa shape index (κ3) is 5.57. The van der Waals surface area contributed by atoms with Gasteiger partial charge in [0.15, 0.2) is 0 Å². The third-order valence-electron chi connectivity index (χ3n) is 4.37. The molecular formula is C21H24N2O5. The predicted octanol–water partition coefficient (Wildman–Crippen LogP) is 3.80. The maximum absolute atomic E-state index is 12.2. The number of aryl methyl sites for hydroxylation is 1. The number of aliphatic carboxylic acids is 1. The fraction of sp³-hybridized carbons (Fsp3) is 0.286. The van der Waals surface area contributed by atoms with Crippen LogP contribution in [0, 0.1) is 0 Å². The average molecular weight is 384 g/mol. The van der Waals surface area contributed by atoms with Gasteiger partial charge < -0.3 is 20.5 Å². The molecular weight excluding hydrogens is 360 g/mol. The van der Waals surface area contributed by atoms with Gasteiger partial charge in [0.25, 0.3) is 0 Å². The van der Waals surface area contributed by atoms with Crippen LogP contribution < -0.4 is 10.6 Å². The molecule has 0 aliphatic carbocycles. The normalized spacial score (nSPS) is 10.8. The Balaban J connectivity index is 1.99. The third-order valence-corrected chi connectivity index (χ3v) is 4.37. The number of methoxy groups -OCH3 is 1. The van der Waals surface area contributed by atoms with E-state index in [0.29, 0.717) is 17.8 Å². The van der Waals surface area contributed by atoms with E-state index in [2.05, 4.69) is 10.6 Å². The van der Waals surface area contributed by atoms with Crippen LogP contribution in [0.3, 0.4) is 0 Å². The minimum atomic E-state index is -0.866. The Bertz CT molecular complexity index is 859. The molecule has 148 valence electrons. The summed E-state index contributed by atoms with van der Waals surface area (Å²) < 4.78 is 4.82. The first-order chi connectivity index (χ1) is 13.2. The molecule has 0 fully saturated rings. The molecule has 0 radical (unpaired) electrons. The van der Waals surface area contributed by atoms with Crippen LogP contribution in [0.15, 0.2) is 48.5 Å². The van der Waals surface area contributed by atoms with Crippen LogP contribution in [0.1, 0.15) is 31.4 Å². The first-order valence-electron chi connectivity index (χ1n) is 8.80. The minimum absolute atomic E-state index is 0.0317. The number of carbonyl (C=O) groups excluding carboxylic acids is 2. The van der Waals surface area contributed by atoms with Gasteiger partial charge in [-0.3, -0.25) is 9.59 Å². The van der Waals surface area contributed by atoms with E-state index in [9.17, 15) is 14.4 Å². The highest BCUT2D eigenvalue weighted by Gasteiger charge is 2.30. The molecule has 0 unspecified atom stereocenters. The summed E-state index contributed by atoms with van der Waals surface area (Å²) >= 11 is 0. The Labute approximate surface area is 163 Å². The van der Waals surface area contributed by atoms with Crippen molar-refractivity contribution in [3.8, 4) is 0 Å². The highest BCUT2D eigenvalue weighted by molar-refractivity contribution is 5.99. The molecule has 0 saturated carbocycles. The largest absolute Gasteiger partial charge is 0.481 e. The first kappa shape index (κ1) is 21.0. The van der Waals surface area contributed by atoms with Crippen LogP contribution in [0.25, 0.3) is 0 Å². The number of carbonyl (C=O) groups is 3. The van der Waals surface area contributed by atoms with E-state index >= 15 is 0 Å². The molecule has 0 atom stereocenters. The van der Waals surface area contributed by atoms with E-state index in [4.69, 9.17) is 9.84 Å². The Kier molecular flexibility index (Phi) is 6.76. The molecule has 2 aromatic carbocycles. The van der Waals surface area contributed by atoms with Gasteiger partial charge in [-0.2, -0.15) is 0 Å². The van der Waals surface area contributed by atoms with Crippen molar-refractivity contribution >= 4 is 29.3 Å². The van der Waals surface area contributed by atoms with Crippen molar-refractivity contribution in [1.29, 1.82) is 0 Å². The lowest BCUT2D eigenvalue weighted by atomic mass is 9.85. The number of nitrogens with one attached hydrogen (secondary N) is 2. The molecule has 0 aromatic heterocycles. The first-order valence-corrected chi connectivity index (χ1v) is 8.80. The lowest BCUT2D eigenvalue weighted by molar-refractivity contribution is -0.146. The number of esters is 1. The number of ether oxygens (including phenoxy) is 1. The zero-order valence-electron chi connectivity index (χ0n) is 16.1. The summed E-state index contributed by atoms with van der Waals surface area (Å²) in [6, 6.07) is 13.6. The second kappa shape index (κ2) is 9.03. The van der Waals surface area contributed by atoms with Gasteiger partial charge in [0, 0.05) is 17.8 Å². The molecule has 28 heavy (non-hydrogen) atoms. The zero-order chi connectivity index (χ0) is 20.7. The van der Waals surface area contributed by atoms with Gasteiger partial charge in [-0.05, 0) is 55.7 Å². The van der Waals surface area contributed by atoms with E-state index in [1.807, 2.05) is 6.07 Å². The number of anilines is 2. The van der Waals surface area contributed by atoms with E-state index in [0.717, 1.165) is 11.1 Å². The van der Waals surface area contributed by atoms with Crippen molar-refractivity contribution in [2.75, 3.05) is 17.7 Å². The number of carboxylic acids is 1. The van der Waals surface area contributed by atoms with E-state index in [1.54, 1.807) is 56.3 Å². The smallest absolute Gasteiger partial charge is 0.323 e. The van der Waals surface area contributed by atoms with E-state index < -0.39 is 17.4 Å². The second-order valence-electron chi connectivity index (χ2n) is 6.87. The van der Waals surface area contributed by atoms with Crippen LogP contribution >= 0.6 is 0 Å². The standard InChI is InChI=1S/C21H24N2O5/c1-21(2,19(26)28-3)15-8-10-16(11-9-15)22-20(27)23-17-6-4-5-14(13-17)7-12-18(24)25/h4-6,8-11,13H,7,12H2,1-3H3,(H,24,25)(H2,22,23,27). The highest BCUT2D eigenvalue weighted by atomic mass is 16.5. The van der Waals surface area contributed by atoms with Gasteiger partial charge in [-0.15, -0.1) is 0 Å². The van der Waals surface area contributed by atoms with Gasteiger partial charge in [0.2, 0.25) is 0 Å². The molecule has 0 aliphatic rings. The number of rotatable bonds is 7. The molecule has 3 N–H and O–H groups in total. The van der Waals surface area contributed by atoms with E-state index in [1.165, 1.54) is 7.11 Å². The van der Waals surface area contributed by atoms with Gasteiger partial charge in [-0.25, -0.2) is 4.79 Å². The SMILES string of the molecule is COC(=O)C(C)(C)c1ccc(NC(=O)Nc2cccc(CCC(=O)O)c2)cc1. The molecule has 2 rings (SSSR count). The molecule has 0 saturated heterocycles.